The highest BCUT2D eigenvalue weighted by Crippen LogP contribution is 2.48. The minimum atomic E-state index is -0.716. The van der Waals surface area contributed by atoms with E-state index in [1.165, 1.54) is 18.6 Å². The van der Waals surface area contributed by atoms with Gasteiger partial charge in [0.25, 0.3) is 0 Å². The molecule has 4 heterocycles. The van der Waals surface area contributed by atoms with Gasteiger partial charge in [0, 0.05) is 36.1 Å². The highest BCUT2D eigenvalue weighted by molar-refractivity contribution is 6.37. The van der Waals surface area contributed by atoms with Crippen molar-refractivity contribution in [3.8, 4) is 16.9 Å². The van der Waals surface area contributed by atoms with Gasteiger partial charge in [0.2, 0.25) is 0 Å². The van der Waals surface area contributed by atoms with Gasteiger partial charge in [-0.15, -0.1) is 0 Å². The zero-order chi connectivity index (χ0) is 20.4. The summed E-state index contributed by atoms with van der Waals surface area (Å²) < 4.78 is 36.9. The fourth-order valence-corrected chi connectivity index (χ4v) is 4.70. The Bertz CT molecular complexity index is 1330. The first-order valence-electron chi connectivity index (χ1n) is 9.53. The molecule has 30 heavy (non-hydrogen) atoms. The Morgan fingerprint density at radius 2 is 2.10 bits per heavy atom. The van der Waals surface area contributed by atoms with E-state index < -0.39 is 11.6 Å². The largest absolute Gasteiger partial charge is 0.489 e. The molecule has 1 fully saturated rings. The first-order chi connectivity index (χ1) is 14.6. The Labute approximate surface area is 174 Å². The molecule has 2 aromatic carbocycles. The Morgan fingerprint density at radius 3 is 3.00 bits per heavy atom. The first kappa shape index (κ1) is 17.8. The number of rotatable bonds is 1. The Morgan fingerprint density at radius 1 is 1.20 bits per heavy atom. The van der Waals surface area contributed by atoms with Crippen molar-refractivity contribution in [1.82, 2.24) is 25.5 Å². The summed E-state index contributed by atoms with van der Waals surface area (Å²) in [5, 5.41) is 10.9. The molecule has 1 atom stereocenters. The van der Waals surface area contributed by atoms with Crippen molar-refractivity contribution in [2.45, 2.75) is 6.04 Å². The fourth-order valence-electron chi connectivity index (χ4n) is 4.38. The van der Waals surface area contributed by atoms with E-state index >= 15 is 4.39 Å². The van der Waals surface area contributed by atoms with Gasteiger partial charge >= 0.3 is 0 Å². The predicted molar refractivity (Wildman–Crippen MR) is 109 cm³/mol. The summed E-state index contributed by atoms with van der Waals surface area (Å²) in [6.45, 7) is 2.51. The number of aromatic nitrogens is 4. The van der Waals surface area contributed by atoms with Crippen molar-refractivity contribution in [3.05, 3.63) is 41.3 Å². The van der Waals surface area contributed by atoms with E-state index in [1.54, 1.807) is 6.07 Å². The Kier molecular flexibility index (Phi) is 3.84. The maximum atomic E-state index is 15.8. The SMILES string of the molecule is Fc1ccc2[nH]ncc2c1-c1c(Cl)c2c3c(ncnc3c1F)N1CCNC[C@H]1CO2. The van der Waals surface area contributed by atoms with Crippen LogP contribution < -0.4 is 15.0 Å². The number of benzene rings is 2. The number of piperazine rings is 1. The maximum absolute atomic E-state index is 15.8. The van der Waals surface area contributed by atoms with Gasteiger partial charge in [-0.1, -0.05) is 11.6 Å². The molecule has 6 rings (SSSR count). The standard InChI is InChI=1S/C20H15ClF2N6O/c21-16-14(13-10-6-27-28-12(10)2-1-11(13)22)17(23)18-15-19(16)30-7-9-5-24-3-4-29(9)20(15)26-8-25-18/h1-2,6,8-9,24H,3-5,7H2,(H,27,28)/t9-/m0/s1. The van der Waals surface area contributed by atoms with E-state index in [9.17, 15) is 4.39 Å². The monoisotopic (exact) mass is 428 g/mol. The van der Waals surface area contributed by atoms with Crippen LogP contribution in [-0.2, 0) is 0 Å². The number of ether oxygens (including phenoxy) is 1. The van der Waals surface area contributed by atoms with Crippen LogP contribution in [0.3, 0.4) is 0 Å². The van der Waals surface area contributed by atoms with E-state index in [0.717, 1.165) is 6.54 Å². The number of hydrogen-bond acceptors (Lipinski definition) is 6. The molecule has 0 saturated carbocycles. The topological polar surface area (TPSA) is 79.0 Å². The van der Waals surface area contributed by atoms with E-state index in [0.29, 0.717) is 41.8 Å². The minimum absolute atomic E-state index is 0.00328. The smallest absolute Gasteiger partial charge is 0.159 e. The molecule has 1 saturated heterocycles. The van der Waals surface area contributed by atoms with Gasteiger partial charge in [-0.25, -0.2) is 18.7 Å². The van der Waals surface area contributed by atoms with Crippen molar-refractivity contribution in [2.24, 2.45) is 0 Å². The normalized spacial score (nSPS) is 18.4. The summed E-state index contributed by atoms with van der Waals surface area (Å²) in [7, 11) is 0. The van der Waals surface area contributed by atoms with Gasteiger partial charge < -0.3 is 15.0 Å². The van der Waals surface area contributed by atoms with Crippen molar-refractivity contribution in [1.29, 1.82) is 0 Å². The maximum Gasteiger partial charge on any atom is 0.159 e. The summed E-state index contributed by atoms with van der Waals surface area (Å²) in [6, 6.07) is 2.82. The summed E-state index contributed by atoms with van der Waals surface area (Å²) in [4.78, 5) is 10.7. The summed E-state index contributed by atoms with van der Waals surface area (Å²) >= 11 is 6.69. The van der Waals surface area contributed by atoms with Gasteiger partial charge in [-0.05, 0) is 12.1 Å². The van der Waals surface area contributed by atoms with E-state index in [-0.39, 0.29) is 33.5 Å². The summed E-state index contributed by atoms with van der Waals surface area (Å²) in [5.41, 5.74) is 0.550. The molecule has 2 aliphatic heterocycles. The van der Waals surface area contributed by atoms with Gasteiger partial charge in [0.15, 0.2) is 11.6 Å². The van der Waals surface area contributed by atoms with Crippen molar-refractivity contribution in [3.63, 3.8) is 0 Å². The number of fused-ring (bicyclic) bond motifs is 3. The lowest BCUT2D eigenvalue weighted by atomic mass is 9.98. The second kappa shape index (κ2) is 6.48. The molecule has 0 aliphatic carbocycles. The fraction of sp³-hybridized carbons (Fsp3) is 0.250. The first-order valence-corrected chi connectivity index (χ1v) is 9.90. The van der Waals surface area contributed by atoms with Gasteiger partial charge in [-0.2, -0.15) is 5.10 Å². The summed E-state index contributed by atoms with van der Waals surface area (Å²) in [5.74, 6) is -0.478. The van der Waals surface area contributed by atoms with Crippen LogP contribution in [0.2, 0.25) is 5.02 Å². The predicted octanol–water partition coefficient (Wildman–Crippen LogP) is 3.28. The molecule has 10 heteroatoms. The summed E-state index contributed by atoms with van der Waals surface area (Å²) in [6.07, 6.45) is 2.77. The van der Waals surface area contributed by atoms with Crippen molar-refractivity contribution in [2.75, 3.05) is 31.1 Å². The van der Waals surface area contributed by atoms with Crippen molar-refractivity contribution >= 4 is 39.2 Å². The van der Waals surface area contributed by atoms with Crippen molar-refractivity contribution < 1.29 is 13.5 Å². The zero-order valence-corrected chi connectivity index (χ0v) is 16.3. The van der Waals surface area contributed by atoms with Crippen LogP contribution in [0.25, 0.3) is 32.9 Å². The van der Waals surface area contributed by atoms with Crippen LogP contribution in [0.4, 0.5) is 14.6 Å². The molecule has 0 unspecified atom stereocenters. The molecule has 2 aromatic heterocycles. The average molecular weight is 429 g/mol. The van der Waals surface area contributed by atoms with Crippen LogP contribution >= 0.6 is 11.6 Å². The average Bonchev–Trinajstić information content (AvgIpc) is 3.17. The number of nitrogens with zero attached hydrogens (tertiary/aromatic N) is 4. The molecule has 2 aliphatic rings. The van der Waals surface area contributed by atoms with Crippen LogP contribution in [0.1, 0.15) is 0 Å². The minimum Gasteiger partial charge on any atom is -0.489 e. The molecule has 7 nitrogen and oxygen atoms in total. The van der Waals surface area contributed by atoms with Gasteiger partial charge in [0.1, 0.15) is 30.1 Å². The molecule has 4 aromatic rings. The highest BCUT2D eigenvalue weighted by Gasteiger charge is 2.34. The lowest BCUT2D eigenvalue weighted by molar-refractivity contribution is 0.274. The number of halogens is 3. The Hall–Kier alpha value is -3.04. The second-order valence-electron chi connectivity index (χ2n) is 7.37. The van der Waals surface area contributed by atoms with Crippen LogP contribution in [0.5, 0.6) is 5.75 Å². The van der Waals surface area contributed by atoms with E-state index in [1.807, 2.05) is 0 Å². The number of aromatic amines is 1. The number of nitrogens with one attached hydrogen (secondary N) is 2. The number of H-pyrrole nitrogens is 1. The lowest BCUT2D eigenvalue weighted by Crippen LogP contribution is -2.53. The quantitative estimate of drug-likeness (QED) is 0.484. The third-order valence-electron chi connectivity index (χ3n) is 5.77. The van der Waals surface area contributed by atoms with Crippen LogP contribution in [-0.4, -0.2) is 52.4 Å². The molecule has 0 amide bonds. The van der Waals surface area contributed by atoms with E-state index in [2.05, 4.69) is 30.4 Å². The third kappa shape index (κ3) is 2.36. The Balaban J connectivity index is 1.71. The molecule has 152 valence electrons. The molecule has 0 spiro atoms. The third-order valence-corrected chi connectivity index (χ3v) is 6.13. The molecular formula is C20H15ClF2N6O. The van der Waals surface area contributed by atoms with Crippen LogP contribution in [0.15, 0.2) is 24.7 Å². The zero-order valence-electron chi connectivity index (χ0n) is 15.5. The highest BCUT2D eigenvalue weighted by atomic mass is 35.5. The molecular weight excluding hydrogens is 414 g/mol. The number of anilines is 1. The van der Waals surface area contributed by atoms with E-state index in [4.69, 9.17) is 16.3 Å². The lowest BCUT2D eigenvalue weighted by Gasteiger charge is -2.35. The van der Waals surface area contributed by atoms with Crippen LogP contribution in [0, 0.1) is 11.6 Å². The second-order valence-corrected chi connectivity index (χ2v) is 7.75. The molecule has 0 bridgehead atoms. The van der Waals surface area contributed by atoms with Gasteiger partial charge in [0.05, 0.1) is 28.2 Å². The number of hydrogen-bond donors (Lipinski definition) is 2. The van der Waals surface area contributed by atoms with Gasteiger partial charge in [-0.3, -0.25) is 5.10 Å². The molecule has 2 N–H and O–H groups in total. The molecule has 0 radical (unpaired) electrons.